The van der Waals surface area contributed by atoms with Crippen molar-refractivity contribution in [2.75, 3.05) is 5.32 Å². The van der Waals surface area contributed by atoms with Crippen LogP contribution in [-0.4, -0.2) is 20.8 Å². The first-order valence-corrected chi connectivity index (χ1v) is 14.3. The minimum absolute atomic E-state index is 0.280. The molecule has 1 fully saturated rings. The van der Waals surface area contributed by atoms with E-state index < -0.39 is 22.5 Å². The Morgan fingerprint density at radius 2 is 1.83 bits per heavy atom. The van der Waals surface area contributed by atoms with Crippen LogP contribution in [0.25, 0.3) is 10.4 Å². The first-order chi connectivity index (χ1) is 17.2. The Kier molecular flexibility index (Phi) is 8.54. The van der Waals surface area contributed by atoms with E-state index in [4.69, 9.17) is 0 Å². The molecule has 3 aromatic rings. The van der Waals surface area contributed by atoms with Crippen molar-refractivity contribution in [1.29, 1.82) is 0 Å². The second kappa shape index (κ2) is 11.6. The SMILES string of the molecule is CC(C)(C)NS(=O)c1cc(NC(=O)NCc2ccccc2)ccc1-c1sc(C2CCCCC2)nc1F. The molecule has 0 aliphatic heterocycles. The summed E-state index contributed by atoms with van der Waals surface area (Å²) in [7, 11) is -1.64. The third-order valence-corrected chi connectivity index (χ3v) is 8.70. The molecule has 1 atom stereocenters. The summed E-state index contributed by atoms with van der Waals surface area (Å²) in [5.74, 6) is -0.251. The normalized spacial score (nSPS) is 15.4. The highest BCUT2D eigenvalue weighted by Gasteiger charge is 2.26. The van der Waals surface area contributed by atoms with Crippen LogP contribution in [0.1, 0.15) is 69.4 Å². The number of benzene rings is 2. The van der Waals surface area contributed by atoms with Gasteiger partial charge in [0, 0.05) is 29.3 Å². The summed E-state index contributed by atoms with van der Waals surface area (Å²) in [4.78, 5) is 17.6. The molecule has 192 valence electrons. The molecule has 36 heavy (non-hydrogen) atoms. The standard InChI is InChI=1S/C27H33FN4O2S2/c1-27(2,3)32-36(34)22-16-20(30-26(33)29-17-18-10-6-4-7-11-18)14-15-21(22)23-24(28)31-25(35-23)19-12-8-5-9-13-19/h4,6-7,10-11,14-16,19,32H,5,8-9,12-13,17H2,1-3H3,(H2,29,30,33). The number of urea groups is 1. The van der Waals surface area contributed by atoms with Gasteiger partial charge in [0.25, 0.3) is 0 Å². The highest BCUT2D eigenvalue weighted by atomic mass is 32.2. The first kappa shape index (κ1) is 26.4. The van der Waals surface area contributed by atoms with Gasteiger partial charge in [-0.15, -0.1) is 11.3 Å². The van der Waals surface area contributed by atoms with Crippen molar-refractivity contribution in [3.8, 4) is 10.4 Å². The number of carbonyl (C=O) groups excluding carboxylic acids is 1. The lowest BCUT2D eigenvalue weighted by molar-refractivity contribution is 0.251. The number of hydrogen-bond acceptors (Lipinski definition) is 4. The lowest BCUT2D eigenvalue weighted by Gasteiger charge is -2.21. The number of aromatic nitrogens is 1. The molecule has 1 heterocycles. The molecule has 3 N–H and O–H groups in total. The van der Waals surface area contributed by atoms with Gasteiger partial charge < -0.3 is 10.6 Å². The van der Waals surface area contributed by atoms with E-state index in [0.717, 1.165) is 36.3 Å². The molecule has 2 amide bonds. The number of nitrogens with zero attached hydrogens (tertiary/aromatic N) is 1. The number of hydrogen-bond donors (Lipinski definition) is 3. The van der Waals surface area contributed by atoms with Gasteiger partial charge in [-0.25, -0.2) is 18.7 Å². The summed E-state index contributed by atoms with van der Waals surface area (Å²) in [6, 6.07) is 14.3. The number of nitrogens with one attached hydrogen (secondary N) is 3. The molecule has 0 spiro atoms. The van der Waals surface area contributed by atoms with E-state index in [1.807, 2.05) is 51.1 Å². The van der Waals surface area contributed by atoms with E-state index >= 15 is 4.39 Å². The Morgan fingerprint density at radius 1 is 1.11 bits per heavy atom. The second-order valence-electron chi connectivity index (χ2n) is 10.1. The Balaban J connectivity index is 1.59. The largest absolute Gasteiger partial charge is 0.334 e. The molecular weight excluding hydrogens is 495 g/mol. The fourth-order valence-electron chi connectivity index (χ4n) is 4.23. The van der Waals surface area contributed by atoms with Crippen LogP contribution in [0, 0.1) is 5.95 Å². The highest BCUT2D eigenvalue weighted by molar-refractivity contribution is 7.83. The monoisotopic (exact) mass is 528 g/mol. The molecule has 9 heteroatoms. The molecule has 1 aromatic heterocycles. The Morgan fingerprint density at radius 3 is 2.53 bits per heavy atom. The van der Waals surface area contributed by atoms with Crippen LogP contribution in [0.5, 0.6) is 0 Å². The summed E-state index contributed by atoms with van der Waals surface area (Å²) in [5, 5.41) is 6.43. The van der Waals surface area contributed by atoms with E-state index in [2.05, 4.69) is 20.3 Å². The zero-order valence-electron chi connectivity index (χ0n) is 20.9. The average Bonchev–Trinajstić information content (AvgIpc) is 3.24. The summed E-state index contributed by atoms with van der Waals surface area (Å²) in [6.07, 6.45) is 5.54. The van der Waals surface area contributed by atoms with Crippen molar-refractivity contribution in [2.45, 2.75) is 75.8 Å². The maximum atomic E-state index is 15.1. The number of carbonyl (C=O) groups is 1. The van der Waals surface area contributed by atoms with Crippen LogP contribution in [-0.2, 0) is 17.5 Å². The van der Waals surface area contributed by atoms with E-state index in [9.17, 15) is 9.00 Å². The van der Waals surface area contributed by atoms with Gasteiger partial charge in [0.05, 0.1) is 14.8 Å². The van der Waals surface area contributed by atoms with Crippen LogP contribution < -0.4 is 15.4 Å². The molecular formula is C27H33FN4O2S2. The number of rotatable bonds is 7. The van der Waals surface area contributed by atoms with Crippen LogP contribution in [0.15, 0.2) is 53.4 Å². The average molecular weight is 529 g/mol. The van der Waals surface area contributed by atoms with Gasteiger partial charge in [0.15, 0.2) is 0 Å². The fraction of sp³-hybridized carbons (Fsp3) is 0.407. The molecule has 0 bridgehead atoms. The van der Waals surface area contributed by atoms with Crippen molar-refractivity contribution < 1.29 is 13.4 Å². The zero-order chi connectivity index (χ0) is 25.7. The Hall–Kier alpha value is -2.62. The Bertz CT molecular complexity index is 1220. The van der Waals surface area contributed by atoms with Gasteiger partial charge in [0.1, 0.15) is 11.0 Å². The van der Waals surface area contributed by atoms with Crippen LogP contribution >= 0.6 is 11.3 Å². The van der Waals surface area contributed by atoms with Gasteiger partial charge in [-0.2, -0.15) is 4.39 Å². The summed E-state index contributed by atoms with van der Waals surface area (Å²) < 4.78 is 31.5. The van der Waals surface area contributed by atoms with E-state index in [-0.39, 0.29) is 11.9 Å². The molecule has 1 unspecified atom stereocenters. The van der Waals surface area contributed by atoms with E-state index in [0.29, 0.717) is 27.6 Å². The smallest absolute Gasteiger partial charge is 0.319 e. The predicted octanol–water partition coefficient (Wildman–Crippen LogP) is 6.73. The van der Waals surface area contributed by atoms with Crippen molar-refractivity contribution in [1.82, 2.24) is 15.0 Å². The molecule has 1 aliphatic rings. The lowest BCUT2D eigenvalue weighted by Crippen LogP contribution is -2.37. The summed E-state index contributed by atoms with van der Waals surface area (Å²) >= 11 is 1.35. The number of anilines is 1. The quantitative estimate of drug-likeness (QED) is 0.318. The molecule has 0 saturated heterocycles. The third-order valence-electron chi connectivity index (χ3n) is 5.94. The van der Waals surface area contributed by atoms with Crippen molar-refractivity contribution in [2.24, 2.45) is 0 Å². The van der Waals surface area contributed by atoms with Crippen molar-refractivity contribution >= 4 is 34.0 Å². The highest BCUT2D eigenvalue weighted by Crippen LogP contribution is 2.41. The number of halogens is 1. The Labute approximate surface area is 218 Å². The lowest BCUT2D eigenvalue weighted by atomic mass is 9.90. The summed E-state index contributed by atoms with van der Waals surface area (Å²) in [6.45, 7) is 6.12. The first-order valence-electron chi connectivity index (χ1n) is 12.3. The van der Waals surface area contributed by atoms with Crippen molar-refractivity contribution in [3.63, 3.8) is 0 Å². The van der Waals surface area contributed by atoms with Crippen LogP contribution in [0.3, 0.4) is 0 Å². The number of amides is 2. The molecule has 1 saturated carbocycles. The molecule has 2 aromatic carbocycles. The zero-order valence-corrected chi connectivity index (χ0v) is 22.5. The molecule has 6 nitrogen and oxygen atoms in total. The van der Waals surface area contributed by atoms with Gasteiger partial charge in [0.2, 0.25) is 5.95 Å². The predicted molar refractivity (Wildman–Crippen MR) is 145 cm³/mol. The number of thiazole rings is 1. The molecule has 1 aliphatic carbocycles. The van der Waals surface area contributed by atoms with E-state index in [1.165, 1.54) is 17.8 Å². The second-order valence-corrected chi connectivity index (χ2v) is 12.3. The maximum absolute atomic E-state index is 15.1. The topological polar surface area (TPSA) is 83.1 Å². The summed E-state index contributed by atoms with van der Waals surface area (Å²) in [5.41, 5.74) is 1.55. The van der Waals surface area contributed by atoms with Crippen molar-refractivity contribution in [3.05, 3.63) is 65.0 Å². The third kappa shape index (κ3) is 6.99. The van der Waals surface area contributed by atoms with E-state index in [1.54, 1.807) is 18.2 Å². The minimum Gasteiger partial charge on any atom is -0.334 e. The van der Waals surface area contributed by atoms with Gasteiger partial charge in [-0.3, -0.25) is 0 Å². The molecule has 0 radical (unpaired) electrons. The maximum Gasteiger partial charge on any atom is 0.319 e. The van der Waals surface area contributed by atoms with Gasteiger partial charge in [-0.05, 0) is 51.3 Å². The van der Waals surface area contributed by atoms with Gasteiger partial charge >= 0.3 is 6.03 Å². The van der Waals surface area contributed by atoms with Crippen LogP contribution in [0.2, 0.25) is 0 Å². The van der Waals surface area contributed by atoms with Crippen LogP contribution in [0.4, 0.5) is 14.9 Å². The minimum atomic E-state index is -1.64. The molecule has 4 rings (SSSR count). The fourth-order valence-corrected chi connectivity index (χ4v) is 6.72. The van der Waals surface area contributed by atoms with Gasteiger partial charge in [-0.1, -0.05) is 55.7 Å².